The molecule has 1 fully saturated rings. The zero-order valence-electron chi connectivity index (χ0n) is 11.2. The van der Waals surface area contributed by atoms with E-state index >= 15 is 0 Å². The van der Waals surface area contributed by atoms with E-state index in [1.807, 2.05) is 0 Å². The quantitative estimate of drug-likeness (QED) is 0.817. The van der Waals surface area contributed by atoms with Crippen molar-refractivity contribution in [3.05, 3.63) is 29.8 Å². The number of ether oxygens (including phenoxy) is 1. The van der Waals surface area contributed by atoms with E-state index in [-0.39, 0.29) is 16.5 Å². The normalized spacial score (nSPS) is 15.5. The smallest absolute Gasteiger partial charge is 0.335 e. The first-order valence-corrected chi connectivity index (χ1v) is 7.75. The van der Waals surface area contributed by atoms with Gasteiger partial charge in [-0.05, 0) is 37.1 Å². The molecule has 1 saturated carbocycles. The van der Waals surface area contributed by atoms with Crippen molar-refractivity contribution in [3.8, 4) is 0 Å². The Morgan fingerprint density at radius 1 is 1.35 bits per heavy atom. The zero-order valence-corrected chi connectivity index (χ0v) is 12.0. The lowest BCUT2D eigenvalue weighted by atomic mass is 10.2. The van der Waals surface area contributed by atoms with E-state index in [0.717, 1.165) is 12.8 Å². The Morgan fingerprint density at radius 3 is 2.40 bits per heavy atom. The first kappa shape index (κ1) is 15.0. The molecule has 0 heterocycles. The number of carbonyl (C=O) groups is 1. The number of methoxy groups -OCH3 is 1. The van der Waals surface area contributed by atoms with Gasteiger partial charge in [-0.1, -0.05) is 0 Å². The van der Waals surface area contributed by atoms with E-state index in [4.69, 9.17) is 9.84 Å². The van der Waals surface area contributed by atoms with Crippen LogP contribution < -0.4 is 0 Å². The molecule has 0 aromatic heterocycles. The second-order valence-electron chi connectivity index (χ2n) is 4.67. The maximum absolute atomic E-state index is 12.5. The van der Waals surface area contributed by atoms with Gasteiger partial charge in [-0.15, -0.1) is 0 Å². The van der Waals surface area contributed by atoms with Crippen LogP contribution in [-0.4, -0.2) is 50.1 Å². The van der Waals surface area contributed by atoms with Crippen molar-refractivity contribution in [2.45, 2.75) is 23.8 Å². The van der Waals surface area contributed by atoms with E-state index in [9.17, 15) is 13.2 Å². The average molecular weight is 299 g/mol. The number of carboxylic acids is 1. The summed E-state index contributed by atoms with van der Waals surface area (Å²) < 4.78 is 31.4. The third-order valence-corrected chi connectivity index (χ3v) is 5.14. The number of aromatic carboxylic acids is 1. The number of sulfonamides is 1. The monoisotopic (exact) mass is 299 g/mol. The SMILES string of the molecule is COCCN(C1CC1)S(=O)(=O)c1ccc(C(=O)O)cc1. The molecule has 1 N–H and O–H groups in total. The molecule has 0 unspecified atom stereocenters. The number of carboxylic acid groups (broad SMARTS) is 1. The number of nitrogens with zero attached hydrogens (tertiary/aromatic N) is 1. The summed E-state index contributed by atoms with van der Waals surface area (Å²) in [6.07, 6.45) is 1.71. The molecule has 0 amide bonds. The van der Waals surface area contributed by atoms with Crippen LogP contribution in [0.3, 0.4) is 0 Å². The summed E-state index contributed by atoms with van der Waals surface area (Å²) in [5.74, 6) is -1.08. The number of hydrogen-bond acceptors (Lipinski definition) is 4. The van der Waals surface area contributed by atoms with E-state index in [1.54, 1.807) is 0 Å². The van der Waals surface area contributed by atoms with Crippen molar-refractivity contribution in [2.24, 2.45) is 0 Å². The van der Waals surface area contributed by atoms with Crippen molar-refractivity contribution in [1.82, 2.24) is 4.31 Å². The standard InChI is InChI=1S/C13H17NO5S/c1-19-9-8-14(11-4-5-11)20(17,18)12-6-2-10(3-7-12)13(15)16/h2-3,6-7,11H,4-5,8-9H2,1H3,(H,15,16). The molecule has 2 rings (SSSR count). The van der Waals surface area contributed by atoms with E-state index in [1.165, 1.54) is 35.7 Å². The summed E-state index contributed by atoms with van der Waals surface area (Å²) in [5, 5.41) is 8.83. The minimum atomic E-state index is -3.59. The molecule has 7 heteroatoms. The summed E-state index contributed by atoms with van der Waals surface area (Å²) >= 11 is 0. The van der Waals surface area contributed by atoms with Crippen LogP contribution in [0.1, 0.15) is 23.2 Å². The summed E-state index contributed by atoms with van der Waals surface area (Å²) in [7, 11) is -2.06. The molecular weight excluding hydrogens is 282 g/mol. The fourth-order valence-electron chi connectivity index (χ4n) is 1.95. The van der Waals surface area contributed by atoms with Crippen molar-refractivity contribution in [2.75, 3.05) is 20.3 Å². The fourth-order valence-corrected chi connectivity index (χ4v) is 3.62. The van der Waals surface area contributed by atoms with Gasteiger partial charge in [-0.2, -0.15) is 4.31 Å². The highest BCUT2D eigenvalue weighted by atomic mass is 32.2. The maximum Gasteiger partial charge on any atom is 0.335 e. The Bertz CT molecular complexity index is 577. The number of hydrogen-bond donors (Lipinski definition) is 1. The molecule has 0 atom stereocenters. The lowest BCUT2D eigenvalue weighted by molar-refractivity contribution is 0.0696. The molecule has 0 radical (unpaired) electrons. The van der Waals surface area contributed by atoms with Crippen molar-refractivity contribution < 1.29 is 23.1 Å². The lowest BCUT2D eigenvalue weighted by Gasteiger charge is -2.21. The molecule has 0 bridgehead atoms. The van der Waals surface area contributed by atoms with Crippen LogP contribution in [0, 0.1) is 0 Å². The molecule has 0 saturated heterocycles. The highest BCUT2D eigenvalue weighted by Gasteiger charge is 2.37. The van der Waals surface area contributed by atoms with Gasteiger partial charge in [0.05, 0.1) is 17.1 Å². The maximum atomic E-state index is 12.5. The summed E-state index contributed by atoms with van der Waals surface area (Å²) in [4.78, 5) is 10.9. The van der Waals surface area contributed by atoms with Gasteiger partial charge in [-0.25, -0.2) is 13.2 Å². The molecule has 20 heavy (non-hydrogen) atoms. The van der Waals surface area contributed by atoms with E-state index < -0.39 is 16.0 Å². The lowest BCUT2D eigenvalue weighted by Crippen LogP contribution is -2.35. The van der Waals surface area contributed by atoms with E-state index in [0.29, 0.717) is 13.2 Å². The molecule has 0 aliphatic heterocycles. The first-order valence-electron chi connectivity index (χ1n) is 6.31. The zero-order chi connectivity index (χ0) is 14.8. The van der Waals surface area contributed by atoms with Gasteiger partial charge in [0.1, 0.15) is 0 Å². The van der Waals surface area contributed by atoms with Gasteiger partial charge in [0.2, 0.25) is 10.0 Å². The van der Waals surface area contributed by atoms with Crippen LogP contribution in [0.5, 0.6) is 0 Å². The van der Waals surface area contributed by atoms with Crippen LogP contribution >= 0.6 is 0 Å². The van der Waals surface area contributed by atoms with Gasteiger partial charge in [-0.3, -0.25) is 0 Å². The molecule has 1 aromatic carbocycles. The van der Waals surface area contributed by atoms with Crippen molar-refractivity contribution >= 4 is 16.0 Å². The molecule has 1 aromatic rings. The van der Waals surface area contributed by atoms with Gasteiger partial charge in [0.15, 0.2) is 0 Å². The summed E-state index contributed by atoms with van der Waals surface area (Å²) in [6, 6.07) is 5.31. The van der Waals surface area contributed by atoms with Crippen molar-refractivity contribution in [3.63, 3.8) is 0 Å². The molecule has 110 valence electrons. The van der Waals surface area contributed by atoms with Crippen molar-refractivity contribution in [1.29, 1.82) is 0 Å². The van der Waals surface area contributed by atoms with Crippen LogP contribution in [0.25, 0.3) is 0 Å². The molecule has 6 nitrogen and oxygen atoms in total. The number of benzene rings is 1. The third kappa shape index (κ3) is 3.17. The van der Waals surface area contributed by atoms with Gasteiger partial charge < -0.3 is 9.84 Å². The Hall–Kier alpha value is -1.44. The fraction of sp³-hybridized carbons (Fsp3) is 0.462. The third-order valence-electron chi connectivity index (χ3n) is 3.18. The Kier molecular flexibility index (Phi) is 4.42. The van der Waals surface area contributed by atoms with Crippen LogP contribution in [-0.2, 0) is 14.8 Å². The minimum Gasteiger partial charge on any atom is -0.478 e. The molecule has 1 aliphatic carbocycles. The molecule has 0 spiro atoms. The minimum absolute atomic E-state index is 0.0364. The van der Waals surface area contributed by atoms with Gasteiger partial charge in [0, 0.05) is 19.7 Å². The summed E-state index contributed by atoms with van der Waals surface area (Å²) in [5.41, 5.74) is 0.0683. The second kappa shape index (κ2) is 5.90. The van der Waals surface area contributed by atoms with Crippen LogP contribution in [0.15, 0.2) is 29.2 Å². The largest absolute Gasteiger partial charge is 0.478 e. The Balaban J connectivity index is 2.25. The summed E-state index contributed by atoms with van der Waals surface area (Å²) in [6.45, 7) is 0.646. The highest BCUT2D eigenvalue weighted by Crippen LogP contribution is 2.31. The average Bonchev–Trinajstić information content (AvgIpc) is 3.23. The highest BCUT2D eigenvalue weighted by molar-refractivity contribution is 7.89. The second-order valence-corrected chi connectivity index (χ2v) is 6.56. The molecular formula is C13H17NO5S. The Labute approximate surface area is 118 Å². The predicted molar refractivity (Wildman–Crippen MR) is 72.2 cm³/mol. The van der Waals surface area contributed by atoms with Crippen LogP contribution in [0.4, 0.5) is 0 Å². The Morgan fingerprint density at radius 2 is 1.95 bits per heavy atom. The number of rotatable bonds is 7. The van der Waals surface area contributed by atoms with Gasteiger partial charge in [0.25, 0.3) is 0 Å². The first-order chi connectivity index (χ1) is 9.46. The van der Waals surface area contributed by atoms with Crippen LogP contribution in [0.2, 0.25) is 0 Å². The topological polar surface area (TPSA) is 83.9 Å². The predicted octanol–water partition coefficient (Wildman–Crippen LogP) is 1.18. The van der Waals surface area contributed by atoms with E-state index in [2.05, 4.69) is 0 Å². The molecule has 1 aliphatic rings. The van der Waals surface area contributed by atoms with Gasteiger partial charge >= 0.3 is 5.97 Å².